The van der Waals surface area contributed by atoms with Gasteiger partial charge in [0.1, 0.15) is 0 Å². The predicted octanol–water partition coefficient (Wildman–Crippen LogP) is 3.31. The minimum atomic E-state index is 0.128. The summed E-state index contributed by atoms with van der Waals surface area (Å²) in [6, 6.07) is 7.76. The highest BCUT2D eigenvalue weighted by Crippen LogP contribution is 2.30. The third-order valence-electron chi connectivity index (χ3n) is 2.50. The highest BCUT2D eigenvalue weighted by molar-refractivity contribution is 5.94. The van der Waals surface area contributed by atoms with Gasteiger partial charge in [0.2, 0.25) is 0 Å². The lowest BCUT2D eigenvalue weighted by molar-refractivity contribution is 0.101. The van der Waals surface area contributed by atoms with Gasteiger partial charge in [-0.3, -0.25) is 4.79 Å². The van der Waals surface area contributed by atoms with Crippen LogP contribution in [0.4, 0.5) is 0 Å². The Balaban J connectivity index is 2.08. The second-order valence-electron chi connectivity index (χ2n) is 3.87. The second-order valence-corrected chi connectivity index (χ2v) is 3.87. The second kappa shape index (κ2) is 3.79. The molecule has 2 rings (SSSR count). The van der Waals surface area contributed by atoms with E-state index < -0.39 is 0 Å². The monoisotopic (exact) mass is 186 g/mol. The van der Waals surface area contributed by atoms with Crippen molar-refractivity contribution in [1.29, 1.82) is 0 Å². The maximum absolute atomic E-state index is 11.0. The van der Waals surface area contributed by atoms with Crippen LogP contribution in [0.3, 0.4) is 0 Å². The van der Waals surface area contributed by atoms with Crippen LogP contribution in [-0.4, -0.2) is 5.78 Å². The van der Waals surface area contributed by atoms with Gasteiger partial charge in [0.25, 0.3) is 0 Å². The molecular weight excluding hydrogens is 172 g/mol. The quantitative estimate of drug-likeness (QED) is 0.662. The standard InChI is InChI=1S/C13H14O/c1-10(14)13-8-6-12(7-9-13)5-4-11-2-3-11/h4-9,11H,2-3H2,1H3/b5-4+. The SMILES string of the molecule is CC(=O)c1ccc(/C=C/C2CC2)cc1. The Hall–Kier alpha value is -1.37. The van der Waals surface area contributed by atoms with Crippen LogP contribution in [0.5, 0.6) is 0 Å². The van der Waals surface area contributed by atoms with Gasteiger partial charge in [-0.25, -0.2) is 0 Å². The molecule has 1 heteroatoms. The van der Waals surface area contributed by atoms with Crippen LogP contribution in [0.25, 0.3) is 6.08 Å². The van der Waals surface area contributed by atoms with E-state index in [1.807, 2.05) is 24.3 Å². The Morgan fingerprint density at radius 1 is 1.29 bits per heavy atom. The minimum absolute atomic E-state index is 0.128. The van der Waals surface area contributed by atoms with Crippen molar-refractivity contribution < 1.29 is 4.79 Å². The van der Waals surface area contributed by atoms with Crippen LogP contribution in [0, 0.1) is 5.92 Å². The molecular formula is C13H14O. The van der Waals surface area contributed by atoms with Crippen molar-refractivity contribution in [2.45, 2.75) is 19.8 Å². The van der Waals surface area contributed by atoms with Crippen LogP contribution in [0.1, 0.15) is 35.7 Å². The number of carbonyl (C=O) groups is 1. The zero-order valence-corrected chi connectivity index (χ0v) is 8.36. The Bertz CT molecular complexity index is 355. The molecule has 1 fully saturated rings. The van der Waals surface area contributed by atoms with Gasteiger partial charge >= 0.3 is 0 Å². The first kappa shape index (κ1) is 9.20. The third kappa shape index (κ3) is 2.32. The predicted molar refractivity (Wildman–Crippen MR) is 58.2 cm³/mol. The Morgan fingerprint density at radius 2 is 1.93 bits per heavy atom. The molecule has 1 aliphatic rings. The van der Waals surface area contributed by atoms with Crippen LogP contribution in [0.15, 0.2) is 30.3 Å². The normalized spacial score (nSPS) is 16.1. The molecule has 0 aliphatic heterocycles. The molecule has 72 valence electrons. The number of allylic oxidation sites excluding steroid dienone is 1. The number of hydrogen-bond donors (Lipinski definition) is 0. The van der Waals surface area contributed by atoms with Gasteiger partial charge in [-0.15, -0.1) is 0 Å². The summed E-state index contributed by atoms with van der Waals surface area (Å²) in [5.74, 6) is 0.935. The van der Waals surface area contributed by atoms with E-state index in [9.17, 15) is 4.79 Å². The molecule has 1 saturated carbocycles. The van der Waals surface area contributed by atoms with Crippen LogP contribution < -0.4 is 0 Å². The van der Waals surface area contributed by atoms with Gasteiger partial charge in [0.05, 0.1) is 0 Å². The van der Waals surface area contributed by atoms with E-state index >= 15 is 0 Å². The molecule has 1 aromatic rings. The van der Waals surface area contributed by atoms with Crippen molar-refractivity contribution in [3.63, 3.8) is 0 Å². The molecule has 0 bridgehead atoms. The fraction of sp³-hybridized carbons (Fsp3) is 0.308. The molecule has 1 nitrogen and oxygen atoms in total. The van der Waals surface area contributed by atoms with Crippen molar-refractivity contribution in [1.82, 2.24) is 0 Å². The fourth-order valence-corrected chi connectivity index (χ4v) is 1.36. The van der Waals surface area contributed by atoms with E-state index in [1.54, 1.807) is 6.92 Å². The molecule has 0 saturated heterocycles. The van der Waals surface area contributed by atoms with Gasteiger partial charge in [0.15, 0.2) is 5.78 Å². The van der Waals surface area contributed by atoms with Gasteiger partial charge in [-0.05, 0) is 31.2 Å². The first-order chi connectivity index (χ1) is 6.75. The Kier molecular flexibility index (Phi) is 2.49. The molecule has 0 unspecified atom stereocenters. The molecule has 0 radical (unpaired) electrons. The van der Waals surface area contributed by atoms with Crippen molar-refractivity contribution in [2.24, 2.45) is 5.92 Å². The Morgan fingerprint density at radius 3 is 2.43 bits per heavy atom. The van der Waals surface area contributed by atoms with Crippen molar-refractivity contribution in [2.75, 3.05) is 0 Å². The largest absolute Gasteiger partial charge is 0.295 e. The summed E-state index contributed by atoms with van der Waals surface area (Å²) >= 11 is 0. The van der Waals surface area contributed by atoms with E-state index in [2.05, 4.69) is 12.2 Å². The first-order valence-corrected chi connectivity index (χ1v) is 5.05. The summed E-state index contributed by atoms with van der Waals surface area (Å²) in [4.78, 5) is 11.0. The number of Topliss-reactive ketones (excluding diaryl/α,β-unsaturated/α-hetero) is 1. The smallest absolute Gasteiger partial charge is 0.159 e. The van der Waals surface area contributed by atoms with E-state index in [1.165, 1.54) is 18.4 Å². The maximum Gasteiger partial charge on any atom is 0.159 e. The zero-order chi connectivity index (χ0) is 9.97. The zero-order valence-electron chi connectivity index (χ0n) is 8.36. The van der Waals surface area contributed by atoms with Crippen LogP contribution in [-0.2, 0) is 0 Å². The van der Waals surface area contributed by atoms with Gasteiger partial charge in [-0.2, -0.15) is 0 Å². The fourth-order valence-electron chi connectivity index (χ4n) is 1.36. The summed E-state index contributed by atoms with van der Waals surface area (Å²) in [7, 11) is 0. The number of benzene rings is 1. The number of rotatable bonds is 3. The average molecular weight is 186 g/mol. The molecule has 0 N–H and O–H groups in total. The summed E-state index contributed by atoms with van der Waals surface area (Å²) in [5, 5.41) is 0. The van der Waals surface area contributed by atoms with E-state index in [4.69, 9.17) is 0 Å². The van der Waals surface area contributed by atoms with Crippen molar-refractivity contribution >= 4 is 11.9 Å². The molecule has 0 heterocycles. The molecule has 14 heavy (non-hydrogen) atoms. The Labute approximate surface area is 84.5 Å². The lowest BCUT2D eigenvalue weighted by Gasteiger charge is -1.96. The summed E-state index contributed by atoms with van der Waals surface area (Å²) < 4.78 is 0. The van der Waals surface area contributed by atoms with Gasteiger partial charge < -0.3 is 0 Å². The molecule has 1 aliphatic carbocycles. The molecule has 1 aromatic carbocycles. The van der Waals surface area contributed by atoms with Gasteiger partial charge in [-0.1, -0.05) is 36.4 Å². The molecule has 0 amide bonds. The van der Waals surface area contributed by atoms with Crippen LogP contribution >= 0.6 is 0 Å². The lowest BCUT2D eigenvalue weighted by atomic mass is 10.1. The molecule has 0 spiro atoms. The van der Waals surface area contributed by atoms with Gasteiger partial charge in [0, 0.05) is 5.56 Å². The summed E-state index contributed by atoms with van der Waals surface area (Å²) in [6.45, 7) is 1.59. The number of hydrogen-bond acceptors (Lipinski definition) is 1. The van der Waals surface area contributed by atoms with Crippen molar-refractivity contribution in [3.8, 4) is 0 Å². The van der Waals surface area contributed by atoms with E-state index in [0.717, 1.165) is 11.5 Å². The maximum atomic E-state index is 11.0. The van der Waals surface area contributed by atoms with E-state index in [0.29, 0.717) is 0 Å². The number of ketones is 1. The lowest BCUT2D eigenvalue weighted by Crippen LogP contribution is -1.90. The first-order valence-electron chi connectivity index (χ1n) is 5.05. The molecule has 0 aromatic heterocycles. The highest BCUT2D eigenvalue weighted by atomic mass is 16.1. The minimum Gasteiger partial charge on any atom is -0.295 e. The van der Waals surface area contributed by atoms with Crippen molar-refractivity contribution in [3.05, 3.63) is 41.5 Å². The third-order valence-corrected chi connectivity index (χ3v) is 2.50. The number of carbonyl (C=O) groups excluding carboxylic acids is 1. The molecule has 0 atom stereocenters. The van der Waals surface area contributed by atoms with Crippen LogP contribution in [0.2, 0.25) is 0 Å². The topological polar surface area (TPSA) is 17.1 Å². The highest BCUT2D eigenvalue weighted by Gasteiger charge is 2.16. The van der Waals surface area contributed by atoms with E-state index in [-0.39, 0.29) is 5.78 Å². The summed E-state index contributed by atoms with van der Waals surface area (Å²) in [6.07, 6.45) is 7.06. The average Bonchev–Trinajstić information content (AvgIpc) is 2.99. The summed E-state index contributed by atoms with van der Waals surface area (Å²) in [5.41, 5.74) is 1.97.